The average molecular weight is 1500 g/mol. The van der Waals surface area contributed by atoms with Gasteiger partial charge in [-0.15, -0.1) is 0 Å². The van der Waals surface area contributed by atoms with E-state index in [9.17, 15) is 24.3 Å². The van der Waals surface area contributed by atoms with Gasteiger partial charge >= 0.3 is 41.8 Å². The summed E-state index contributed by atoms with van der Waals surface area (Å²) in [5, 5.41) is 12.3. The van der Waals surface area contributed by atoms with Crippen molar-refractivity contribution in [1.29, 1.82) is 0 Å². The molecule has 23 nitrogen and oxygen atoms in total. The number of hydrogen-bond donors (Lipinski definition) is 1. The number of hydrogen-bond acceptors (Lipinski definition) is 23. The van der Waals surface area contributed by atoms with Crippen molar-refractivity contribution in [1.82, 2.24) is 0 Å². The third kappa shape index (κ3) is 20.5. The molecule has 0 bridgehead atoms. The molecule has 3 aliphatic rings. The van der Waals surface area contributed by atoms with Crippen LogP contribution in [0.2, 0.25) is 0 Å². The zero-order valence-electron chi connectivity index (χ0n) is 59.7. The predicted molar refractivity (Wildman–Crippen MR) is 396 cm³/mol. The lowest BCUT2D eigenvalue weighted by Gasteiger charge is -2.49. The monoisotopic (exact) mass is 1500 g/mol. The maximum atomic E-state index is 15.3. The molecule has 568 valence electrons. The Morgan fingerprint density at radius 2 is 0.505 bits per heavy atom. The van der Waals surface area contributed by atoms with Crippen LogP contribution >= 0.6 is 0 Å². The minimum absolute atomic E-state index is 0.00982. The second kappa shape index (κ2) is 38.5. The Bertz CT molecular complexity index is 4620. The van der Waals surface area contributed by atoms with E-state index in [1.165, 1.54) is 84.9 Å². The van der Waals surface area contributed by atoms with E-state index in [0.717, 1.165) is 16.7 Å². The Labute approximate surface area is 639 Å². The fourth-order valence-electron chi connectivity index (χ4n) is 12.8. The van der Waals surface area contributed by atoms with Gasteiger partial charge in [0.1, 0.15) is 55.9 Å². The SMILES string of the molecule is O=C(OC[C@H]1O[C@@H](O[C@H]2[C@H](OC(=O)c3ccccc3)[C@@H](OC(=O)c3ccccc3)[C@H](OC[C@H]3O[C@H](O)[C@@H](OCc4ccccc4)[C@@H](OCc4ccccc4)[C@@H]3OCc3ccccc3)O[C@@H]2COC(=O)c2ccccc2)[C@H](OC(=O)c2ccccc2)[C@H](OC(=O)c2ccccc2)[C@H]1OC(=O)c1ccccc1)c1ccccc1. The van der Waals surface area contributed by atoms with Crippen LogP contribution in [0.15, 0.2) is 303 Å². The van der Waals surface area contributed by atoms with Gasteiger partial charge in [-0.1, -0.05) is 218 Å². The lowest BCUT2D eigenvalue weighted by atomic mass is 9.95. The van der Waals surface area contributed by atoms with Crippen molar-refractivity contribution < 1.29 is 110 Å². The molecule has 0 unspecified atom stereocenters. The van der Waals surface area contributed by atoms with Gasteiger partial charge in [0.15, 0.2) is 49.4 Å². The molecule has 0 aromatic heterocycles. The fourth-order valence-corrected chi connectivity index (χ4v) is 12.8. The van der Waals surface area contributed by atoms with Crippen LogP contribution < -0.4 is 0 Å². The Morgan fingerprint density at radius 3 is 0.865 bits per heavy atom. The van der Waals surface area contributed by atoms with Crippen LogP contribution in [0.3, 0.4) is 0 Å². The van der Waals surface area contributed by atoms with Gasteiger partial charge in [0.2, 0.25) is 0 Å². The molecule has 13 rings (SSSR count). The number of carbonyl (C=O) groups excluding carboxylic acids is 7. The van der Waals surface area contributed by atoms with Crippen LogP contribution in [0.25, 0.3) is 0 Å². The zero-order valence-corrected chi connectivity index (χ0v) is 59.7. The van der Waals surface area contributed by atoms with E-state index in [-0.39, 0.29) is 58.8 Å². The lowest BCUT2D eigenvalue weighted by molar-refractivity contribution is -0.363. The zero-order chi connectivity index (χ0) is 76.7. The number of ether oxygens (including phenoxy) is 15. The molecule has 0 aliphatic carbocycles. The molecule has 15 atom stereocenters. The molecular weight excluding hydrogens is 1420 g/mol. The van der Waals surface area contributed by atoms with Gasteiger partial charge in [0.25, 0.3) is 0 Å². The highest BCUT2D eigenvalue weighted by Crippen LogP contribution is 2.39. The van der Waals surface area contributed by atoms with Crippen molar-refractivity contribution >= 4 is 41.8 Å². The number of aliphatic hydroxyl groups excluding tert-OH is 1. The Hall–Kier alpha value is -11.9. The van der Waals surface area contributed by atoms with Crippen molar-refractivity contribution in [3.8, 4) is 0 Å². The van der Waals surface area contributed by atoms with Crippen LogP contribution in [-0.4, -0.2) is 159 Å². The lowest BCUT2D eigenvalue weighted by Crippen LogP contribution is -2.67. The fraction of sp³-hybridized carbons (Fsp3) is 0.239. The molecule has 3 aliphatic heterocycles. The maximum Gasteiger partial charge on any atom is 0.338 e. The Morgan fingerprint density at radius 1 is 0.243 bits per heavy atom. The molecular formula is C88H78O23. The van der Waals surface area contributed by atoms with Gasteiger partial charge in [0.05, 0.1) is 65.4 Å². The van der Waals surface area contributed by atoms with Gasteiger partial charge in [-0.2, -0.15) is 0 Å². The van der Waals surface area contributed by atoms with Crippen molar-refractivity contribution in [2.45, 2.75) is 112 Å². The van der Waals surface area contributed by atoms with E-state index in [2.05, 4.69) is 0 Å². The normalized spacial score (nSPS) is 23.5. The molecule has 0 radical (unpaired) electrons. The molecule has 23 heteroatoms. The maximum absolute atomic E-state index is 15.3. The van der Waals surface area contributed by atoms with Gasteiger partial charge < -0.3 is 76.2 Å². The summed E-state index contributed by atoms with van der Waals surface area (Å²) in [5.41, 5.74) is 2.39. The Balaban J connectivity index is 0.945. The topological polar surface area (TPSA) is 278 Å². The van der Waals surface area contributed by atoms with E-state index in [0.29, 0.717) is 0 Å². The first-order valence-corrected chi connectivity index (χ1v) is 36.0. The van der Waals surface area contributed by atoms with Crippen LogP contribution in [0.1, 0.15) is 89.2 Å². The van der Waals surface area contributed by atoms with Crippen LogP contribution in [-0.2, 0) is 90.9 Å². The first-order chi connectivity index (χ1) is 54.4. The van der Waals surface area contributed by atoms with E-state index in [4.69, 9.17) is 71.1 Å². The average Bonchev–Trinajstić information content (AvgIpc) is 0.761. The van der Waals surface area contributed by atoms with E-state index < -0.39 is 154 Å². The van der Waals surface area contributed by atoms with Gasteiger partial charge in [-0.25, -0.2) is 33.6 Å². The first-order valence-electron chi connectivity index (χ1n) is 36.0. The summed E-state index contributed by atoms with van der Waals surface area (Å²) in [6, 6.07) is 82.3. The van der Waals surface area contributed by atoms with Crippen molar-refractivity contribution in [3.63, 3.8) is 0 Å². The summed E-state index contributed by atoms with van der Waals surface area (Å²) < 4.78 is 99.6. The molecule has 3 fully saturated rings. The molecule has 1 N–H and O–H groups in total. The van der Waals surface area contributed by atoms with Crippen LogP contribution in [0.4, 0.5) is 0 Å². The summed E-state index contributed by atoms with van der Waals surface area (Å²) >= 11 is 0. The number of carbonyl (C=O) groups is 7. The number of esters is 7. The van der Waals surface area contributed by atoms with Gasteiger partial charge in [-0.05, 0) is 102 Å². The Kier molecular flexibility index (Phi) is 26.8. The summed E-state index contributed by atoms with van der Waals surface area (Å²) in [4.78, 5) is 104. The molecule has 0 amide bonds. The van der Waals surface area contributed by atoms with Crippen molar-refractivity contribution in [2.24, 2.45) is 0 Å². The van der Waals surface area contributed by atoms with Crippen LogP contribution in [0.5, 0.6) is 0 Å². The van der Waals surface area contributed by atoms with E-state index in [1.807, 2.05) is 91.0 Å². The minimum Gasteiger partial charge on any atom is -0.459 e. The standard InChI is InChI=1S/C88H78O23/c89-79(60-37-17-4-18-38-60)100-54-68-71(106-81(91)62-41-21-6-22-42-62)74(107-82(92)63-43-23-7-24-44-63)78(110-85(95)66-49-29-10-30-50-66)88(105-68)111-72-69(55-101-80(90)61-39-19-5-20-40-61)104-87(77(109-84(94)65-47-27-9-28-48-65)75(72)108-83(93)64-45-25-8-26-46-64)102-56-67-70(97-51-57-31-11-1-12-32-57)73(98-52-58-33-13-2-14-34-58)76(86(96)103-67)99-53-59-35-15-3-16-36-59/h1-50,67-78,86-88,96H,51-56H2/t67-,68-,69-,70-,71+,72-,73+,74-,75+,76+,77-,78-,86+,87-,88+/m1/s1. The molecule has 10 aromatic carbocycles. The van der Waals surface area contributed by atoms with Crippen LogP contribution in [0, 0.1) is 0 Å². The third-order valence-corrected chi connectivity index (χ3v) is 18.4. The number of benzene rings is 10. The van der Waals surface area contributed by atoms with Crippen molar-refractivity contribution in [3.05, 3.63) is 359 Å². The molecule has 3 saturated heterocycles. The second-order valence-electron chi connectivity index (χ2n) is 26.0. The van der Waals surface area contributed by atoms with Crippen molar-refractivity contribution in [2.75, 3.05) is 19.8 Å². The molecule has 10 aromatic rings. The molecule has 111 heavy (non-hydrogen) atoms. The third-order valence-electron chi connectivity index (χ3n) is 18.4. The summed E-state index contributed by atoms with van der Waals surface area (Å²) in [7, 11) is 0. The van der Waals surface area contributed by atoms with E-state index in [1.54, 1.807) is 127 Å². The quantitative estimate of drug-likeness (QED) is 0.0323. The second-order valence-corrected chi connectivity index (χ2v) is 26.0. The van der Waals surface area contributed by atoms with Gasteiger partial charge in [0, 0.05) is 0 Å². The molecule has 0 saturated carbocycles. The summed E-state index contributed by atoms with van der Waals surface area (Å²) in [6.45, 7) is -2.23. The molecule has 0 spiro atoms. The highest BCUT2D eigenvalue weighted by atomic mass is 16.8. The largest absolute Gasteiger partial charge is 0.459 e. The molecule has 3 heterocycles. The first kappa shape index (κ1) is 77.3. The smallest absolute Gasteiger partial charge is 0.338 e. The van der Waals surface area contributed by atoms with Gasteiger partial charge in [-0.3, -0.25) is 0 Å². The summed E-state index contributed by atoms with van der Waals surface area (Å²) in [6.07, 6.45) is -26.2. The number of aliphatic hydroxyl groups is 1. The summed E-state index contributed by atoms with van der Waals surface area (Å²) in [5.74, 6) is -6.93. The highest BCUT2D eigenvalue weighted by Gasteiger charge is 2.59. The predicted octanol–water partition coefficient (Wildman–Crippen LogP) is 12.2. The highest BCUT2D eigenvalue weighted by molar-refractivity contribution is 5.93. The number of rotatable bonds is 30. The minimum atomic E-state index is -2.18. The van der Waals surface area contributed by atoms with E-state index >= 15 is 14.4 Å².